The number of ether oxygens (including phenoxy) is 1. The Bertz CT molecular complexity index is 1680. The van der Waals surface area contributed by atoms with Crippen LogP contribution in [-0.2, 0) is 4.74 Å². The molecule has 204 valence electrons. The van der Waals surface area contributed by atoms with Crippen LogP contribution in [0.2, 0.25) is 0 Å². The molecule has 0 atom stereocenters. The number of hydrogen-bond acceptors (Lipinski definition) is 1. The van der Waals surface area contributed by atoms with Gasteiger partial charge in [0.15, 0.2) is 0 Å². The molecule has 0 fully saturated rings. The van der Waals surface area contributed by atoms with E-state index in [0.717, 1.165) is 4.48 Å². The first-order valence-corrected chi connectivity index (χ1v) is 14.2. The molecule has 3 heteroatoms. The van der Waals surface area contributed by atoms with Crippen LogP contribution in [0.1, 0.15) is 0 Å². The molecule has 0 unspecified atom stereocenters. The molecule has 0 N–H and O–H groups in total. The Balaban J connectivity index is 0.000000623. The molecule has 0 aliphatic carbocycles. The number of nitrogens with zero attached hydrogens (tertiary/aromatic N) is 1. The van der Waals surface area contributed by atoms with E-state index in [1.54, 1.807) is 7.11 Å². The van der Waals surface area contributed by atoms with Crippen molar-refractivity contribution in [2.75, 3.05) is 41.9 Å². The van der Waals surface area contributed by atoms with Crippen LogP contribution in [-0.4, -0.2) is 52.5 Å². The molecule has 6 aromatic rings. The van der Waals surface area contributed by atoms with Crippen LogP contribution in [0.15, 0.2) is 127 Å². The minimum atomic E-state index is -1.61. The van der Waals surface area contributed by atoms with Crippen molar-refractivity contribution >= 4 is 54.9 Å². The van der Waals surface area contributed by atoms with Crippen molar-refractivity contribution in [2.24, 2.45) is 0 Å². The van der Waals surface area contributed by atoms with Crippen molar-refractivity contribution in [3.63, 3.8) is 0 Å². The molecule has 0 aliphatic rings. The second kappa shape index (κ2) is 12.0. The fraction of sp³-hybridized carbons (Fsp3) is 0.158. The monoisotopic (exact) mass is 535 g/mol. The molecule has 0 aliphatic heterocycles. The van der Waals surface area contributed by atoms with Gasteiger partial charge in [0.2, 0.25) is 0 Å². The van der Waals surface area contributed by atoms with Gasteiger partial charge in [-0.15, -0.1) is 5.92 Å². The molecule has 0 radical (unpaired) electrons. The van der Waals surface area contributed by atoms with E-state index >= 15 is 0 Å². The van der Waals surface area contributed by atoms with Crippen LogP contribution in [0.25, 0.3) is 32.3 Å². The van der Waals surface area contributed by atoms with Gasteiger partial charge < -0.3 is 9.22 Å². The number of hydrogen-bond donors (Lipinski definition) is 0. The smallest absolute Gasteiger partial charge is 0.149 e. The van der Waals surface area contributed by atoms with Crippen molar-refractivity contribution in [2.45, 2.75) is 0 Å². The number of benzene rings is 6. The van der Waals surface area contributed by atoms with Gasteiger partial charge >= 0.3 is 0 Å². The lowest BCUT2D eigenvalue weighted by atomic mass is 9.16. The van der Waals surface area contributed by atoms with Gasteiger partial charge in [-0.25, -0.2) is 0 Å². The summed E-state index contributed by atoms with van der Waals surface area (Å²) in [5, 5.41) is 7.34. The zero-order valence-electron chi connectivity index (χ0n) is 24.8. The molecular formula is C38H38BNO. The first-order valence-electron chi connectivity index (χ1n) is 14.2. The highest BCUT2D eigenvalue weighted by Crippen LogP contribution is 2.20. The number of rotatable bonds is 4. The normalized spacial score (nSPS) is 11.5. The molecule has 41 heavy (non-hydrogen) atoms. The van der Waals surface area contributed by atoms with E-state index in [4.69, 9.17) is 4.74 Å². The Labute approximate surface area is 244 Å². The molecule has 0 aromatic heterocycles. The lowest BCUT2D eigenvalue weighted by Crippen LogP contribution is -2.66. The van der Waals surface area contributed by atoms with Crippen molar-refractivity contribution in [1.82, 2.24) is 0 Å². The summed E-state index contributed by atoms with van der Waals surface area (Å²) in [4.78, 5) is 0. The van der Waals surface area contributed by atoms with Crippen LogP contribution in [0.3, 0.4) is 0 Å². The lowest BCUT2D eigenvalue weighted by Gasteiger charge is -2.39. The van der Waals surface area contributed by atoms with Crippen LogP contribution < -0.4 is 16.4 Å². The fourth-order valence-electron chi connectivity index (χ4n) is 5.53. The van der Waals surface area contributed by atoms with Crippen LogP contribution in [0.5, 0.6) is 0 Å². The van der Waals surface area contributed by atoms with E-state index in [1.807, 2.05) is 0 Å². The quantitative estimate of drug-likeness (QED) is 0.150. The molecule has 0 spiro atoms. The maximum Gasteiger partial charge on any atom is 0.149 e. The average Bonchev–Trinajstić information content (AvgIpc) is 2.98. The Kier molecular flexibility index (Phi) is 8.27. The van der Waals surface area contributed by atoms with Crippen molar-refractivity contribution in [3.05, 3.63) is 127 Å². The summed E-state index contributed by atoms with van der Waals surface area (Å²) in [6.07, 6.45) is -1.61. The van der Waals surface area contributed by atoms with E-state index in [2.05, 4.69) is 167 Å². The van der Waals surface area contributed by atoms with Gasteiger partial charge in [-0.05, 0) is 32.3 Å². The predicted octanol–water partition coefficient (Wildman–Crippen LogP) is 6.13. The third-order valence-electron chi connectivity index (χ3n) is 7.36. The Hall–Kier alpha value is -4.36. The second-order valence-electron chi connectivity index (χ2n) is 12.1. The fourth-order valence-corrected chi connectivity index (χ4v) is 5.53. The average molecular weight is 536 g/mol. The number of fused-ring (bicyclic) bond motifs is 3. The van der Waals surface area contributed by atoms with Crippen LogP contribution >= 0.6 is 0 Å². The Morgan fingerprint density at radius 3 is 1.15 bits per heavy atom. The van der Waals surface area contributed by atoms with Gasteiger partial charge in [-0.3, -0.25) is 5.82 Å². The van der Waals surface area contributed by atoms with Gasteiger partial charge in [-0.1, -0.05) is 127 Å². The van der Waals surface area contributed by atoms with Crippen molar-refractivity contribution < 1.29 is 9.22 Å². The Morgan fingerprint density at radius 2 is 0.829 bits per heavy atom. The summed E-state index contributed by atoms with van der Waals surface area (Å²) in [6, 6.07) is 46.0. The molecule has 0 heterocycles. The Morgan fingerprint density at radius 1 is 0.512 bits per heavy atom. The molecule has 0 bridgehead atoms. The molecular weight excluding hydrogens is 497 g/mol. The largest absolute Gasteiger partial charge is 0.372 e. The standard InChI is InChI=1S/C34H26BO.C4H12N/c1-36-22-8-21-35(32-18-15-26-9-2-5-12-29(26)23-32,33-19-16-27-10-3-6-13-30(27)24-33)34-20-17-28-11-4-7-14-31(28)25-34;1-5(2,3)4/h2-7,9-20,23-25H,22H2,1H3;1-4H3/q-1;+1. The molecule has 6 rings (SSSR count). The third-order valence-corrected chi connectivity index (χ3v) is 7.36. The van der Waals surface area contributed by atoms with Crippen molar-refractivity contribution in [1.29, 1.82) is 0 Å². The minimum absolute atomic E-state index is 0.387. The zero-order chi connectivity index (χ0) is 28.9. The van der Waals surface area contributed by atoms with Gasteiger partial charge in [0, 0.05) is 7.11 Å². The van der Waals surface area contributed by atoms with E-state index in [-0.39, 0.29) is 0 Å². The summed E-state index contributed by atoms with van der Waals surface area (Å²) in [5.41, 5.74) is 3.63. The van der Waals surface area contributed by atoms with Crippen molar-refractivity contribution in [3.8, 4) is 11.7 Å². The zero-order valence-corrected chi connectivity index (χ0v) is 24.8. The van der Waals surface area contributed by atoms with Gasteiger partial charge in [-0.2, -0.15) is 16.4 Å². The number of quaternary nitrogens is 1. The minimum Gasteiger partial charge on any atom is -0.372 e. The molecule has 0 amide bonds. The van der Waals surface area contributed by atoms with E-state index < -0.39 is 6.15 Å². The highest BCUT2D eigenvalue weighted by Gasteiger charge is 2.29. The summed E-state index contributed by atoms with van der Waals surface area (Å²) < 4.78 is 6.39. The van der Waals surface area contributed by atoms with Gasteiger partial charge in [0.25, 0.3) is 0 Å². The first kappa shape index (κ1) is 28.2. The number of methoxy groups -OCH3 is 1. The highest BCUT2D eigenvalue weighted by molar-refractivity contribution is 7.17. The van der Waals surface area contributed by atoms with Crippen LogP contribution in [0.4, 0.5) is 0 Å². The topological polar surface area (TPSA) is 9.23 Å². The highest BCUT2D eigenvalue weighted by atomic mass is 16.5. The van der Waals surface area contributed by atoms with Crippen LogP contribution in [0, 0.1) is 11.7 Å². The van der Waals surface area contributed by atoms with E-state index in [9.17, 15) is 0 Å². The van der Waals surface area contributed by atoms with Gasteiger partial charge in [0.1, 0.15) is 12.8 Å². The third kappa shape index (κ3) is 6.36. The maximum absolute atomic E-state index is 5.39. The second-order valence-corrected chi connectivity index (χ2v) is 12.1. The van der Waals surface area contributed by atoms with E-state index in [1.165, 1.54) is 48.7 Å². The molecule has 6 aromatic carbocycles. The summed E-state index contributed by atoms with van der Waals surface area (Å²) >= 11 is 0. The SMILES string of the molecule is COCC#C[B-](c1ccc2ccccc2c1)(c1ccc2ccccc2c1)c1ccc2ccccc2c1.C[N+](C)(C)C. The predicted molar refractivity (Wildman–Crippen MR) is 180 cm³/mol. The first-order chi connectivity index (χ1) is 19.8. The molecule has 0 saturated heterocycles. The molecule has 2 nitrogen and oxygen atoms in total. The lowest BCUT2D eigenvalue weighted by molar-refractivity contribution is -0.849. The molecule has 0 saturated carbocycles. The van der Waals surface area contributed by atoms with E-state index in [0.29, 0.717) is 6.61 Å². The summed E-state index contributed by atoms with van der Waals surface area (Å²) in [5.74, 6) is 7.14. The maximum atomic E-state index is 5.39. The summed E-state index contributed by atoms with van der Waals surface area (Å²) in [6.45, 7) is 0.387. The summed E-state index contributed by atoms with van der Waals surface area (Å²) in [7, 11) is 10.2. The van der Waals surface area contributed by atoms with Gasteiger partial charge in [0.05, 0.1) is 28.2 Å².